The monoisotopic (exact) mass is 349 g/mol. The number of fused-ring (bicyclic) bond motifs is 1. The van der Waals surface area contributed by atoms with Gasteiger partial charge in [0.05, 0.1) is 17.5 Å². The van der Waals surface area contributed by atoms with Crippen LogP contribution in [-0.2, 0) is 4.74 Å². The van der Waals surface area contributed by atoms with Gasteiger partial charge in [-0.3, -0.25) is 4.98 Å². The van der Waals surface area contributed by atoms with E-state index in [1.807, 2.05) is 32.9 Å². The quantitative estimate of drug-likeness (QED) is 0.793. The second-order valence-corrected chi connectivity index (χ2v) is 7.27. The average molecular weight is 350 g/mol. The Hall–Kier alpha value is -2.08. The minimum absolute atomic E-state index is 0.255. The van der Waals surface area contributed by atoms with Gasteiger partial charge in [0.1, 0.15) is 10.8 Å². The van der Waals surface area contributed by atoms with Gasteiger partial charge in [-0.1, -0.05) is 11.6 Å². The number of carbonyl (C=O) groups is 1. The van der Waals surface area contributed by atoms with E-state index >= 15 is 0 Å². The molecule has 2 aromatic heterocycles. The van der Waals surface area contributed by atoms with Crippen LogP contribution >= 0.6 is 11.6 Å². The van der Waals surface area contributed by atoms with E-state index in [9.17, 15) is 4.79 Å². The predicted molar refractivity (Wildman–Crippen MR) is 91.3 cm³/mol. The molecule has 0 spiro atoms. The van der Waals surface area contributed by atoms with Gasteiger partial charge in [-0.25, -0.2) is 9.78 Å². The molecule has 2 aromatic rings. The molecule has 0 unspecified atom stereocenters. The smallest absolute Gasteiger partial charge is 0.410 e. The number of nitrogens with zero attached hydrogens (tertiary/aromatic N) is 3. The molecule has 0 N–H and O–H groups in total. The van der Waals surface area contributed by atoms with E-state index in [0.29, 0.717) is 30.7 Å². The molecule has 0 bridgehead atoms. The molecule has 128 valence electrons. The predicted octanol–water partition coefficient (Wildman–Crippen LogP) is 3.53. The summed E-state index contributed by atoms with van der Waals surface area (Å²) >= 11 is 6.01. The van der Waals surface area contributed by atoms with Crippen LogP contribution in [0, 0.1) is 5.92 Å². The summed E-state index contributed by atoms with van der Waals surface area (Å²) < 4.78 is 11.2. The molecule has 0 radical (unpaired) electrons. The van der Waals surface area contributed by atoms with E-state index in [1.165, 1.54) is 0 Å². The number of likely N-dealkylation sites (tertiary alicyclic amines) is 1. The lowest BCUT2D eigenvalue weighted by Crippen LogP contribution is -2.53. The molecule has 24 heavy (non-hydrogen) atoms. The third kappa shape index (κ3) is 3.87. The minimum Gasteiger partial charge on any atom is -0.477 e. The van der Waals surface area contributed by atoms with Crippen molar-refractivity contribution < 1.29 is 14.3 Å². The van der Waals surface area contributed by atoms with Gasteiger partial charge < -0.3 is 14.4 Å². The van der Waals surface area contributed by atoms with Crippen molar-refractivity contribution in [1.29, 1.82) is 0 Å². The summed E-state index contributed by atoms with van der Waals surface area (Å²) in [5.41, 5.74) is 0.270. The Kier molecular flexibility index (Phi) is 4.49. The minimum atomic E-state index is -0.477. The van der Waals surface area contributed by atoms with Crippen LogP contribution in [0.5, 0.6) is 5.88 Å². The van der Waals surface area contributed by atoms with Gasteiger partial charge in [-0.05, 0) is 32.9 Å². The van der Waals surface area contributed by atoms with Gasteiger partial charge in [0.15, 0.2) is 0 Å². The highest BCUT2D eigenvalue weighted by Crippen LogP contribution is 2.26. The zero-order valence-corrected chi connectivity index (χ0v) is 14.7. The molecule has 1 aliphatic rings. The van der Waals surface area contributed by atoms with E-state index in [0.717, 1.165) is 10.9 Å². The number of ether oxygens (including phenoxy) is 2. The van der Waals surface area contributed by atoms with Gasteiger partial charge >= 0.3 is 6.09 Å². The molecular formula is C17H20ClN3O3. The summed E-state index contributed by atoms with van der Waals surface area (Å²) in [6.07, 6.45) is 1.42. The number of rotatable bonds is 3. The lowest BCUT2D eigenvalue weighted by molar-refractivity contribution is -0.00797. The summed E-state index contributed by atoms with van der Waals surface area (Å²) in [5.74, 6) is 0.728. The molecule has 1 saturated heterocycles. The third-order valence-electron chi connectivity index (χ3n) is 3.60. The molecule has 0 aromatic carbocycles. The Bertz CT molecular complexity index is 754. The topological polar surface area (TPSA) is 64.5 Å². The zero-order valence-electron chi connectivity index (χ0n) is 14.0. The lowest BCUT2D eigenvalue weighted by atomic mass is 10.0. The molecule has 1 amide bonds. The van der Waals surface area contributed by atoms with Crippen molar-refractivity contribution in [3.63, 3.8) is 0 Å². The molecular weight excluding hydrogens is 330 g/mol. The summed E-state index contributed by atoms with van der Waals surface area (Å²) in [5, 5.41) is 1.17. The van der Waals surface area contributed by atoms with Crippen LogP contribution in [-0.4, -0.2) is 46.3 Å². The van der Waals surface area contributed by atoms with Crippen LogP contribution in [0.15, 0.2) is 24.4 Å². The number of halogens is 1. The number of carbonyl (C=O) groups excluding carboxylic acids is 1. The van der Waals surface area contributed by atoms with Crippen LogP contribution in [0.3, 0.4) is 0 Å². The maximum absolute atomic E-state index is 11.9. The van der Waals surface area contributed by atoms with Crippen LogP contribution in [0.2, 0.25) is 5.15 Å². The molecule has 0 aliphatic carbocycles. The van der Waals surface area contributed by atoms with E-state index < -0.39 is 5.60 Å². The Morgan fingerprint density at radius 1 is 1.42 bits per heavy atom. The van der Waals surface area contributed by atoms with Crippen molar-refractivity contribution in [1.82, 2.24) is 14.9 Å². The molecule has 1 aliphatic heterocycles. The second kappa shape index (κ2) is 6.43. The highest BCUT2D eigenvalue weighted by Gasteiger charge is 2.34. The van der Waals surface area contributed by atoms with E-state index in [-0.39, 0.29) is 12.0 Å². The average Bonchev–Trinajstić information content (AvgIpc) is 2.43. The zero-order chi connectivity index (χ0) is 17.3. The third-order valence-corrected chi connectivity index (χ3v) is 3.79. The molecule has 7 heteroatoms. The first-order valence-electron chi connectivity index (χ1n) is 7.84. The maximum atomic E-state index is 11.9. The van der Waals surface area contributed by atoms with Crippen molar-refractivity contribution >= 4 is 28.6 Å². The van der Waals surface area contributed by atoms with E-state index in [1.54, 1.807) is 17.2 Å². The number of hydrogen-bond donors (Lipinski definition) is 0. The van der Waals surface area contributed by atoms with Gasteiger partial charge in [-0.15, -0.1) is 0 Å². The molecule has 1 fully saturated rings. The Morgan fingerprint density at radius 2 is 2.17 bits per heavy atom. The summed E-state index contributed by atoms with van der Waals surface area (Å²) in [4.78, 5) is 22.1. The first-order valence-corrected chi connectivity index (χ1v) is 8.21. The fourth-order valence-corrected chi connectivity index (χ4v) is 2.65. The largest absolute Gasteiger partial charge is 0.477 e. The highest BCUT2D eigenvalue weighted by molar-refractivity contribution is 6.30. The molecule has 0 atom stereocenters. The van der Waals surface area contributed by atoms with E-state index in [4.69, 9.17) is 21.1 Å². The number of hydrogen-bond acceptors (Lipinski definition) is 5. The number of aromatic nitrogens is 2. The fourth-order valence-electron chi connectivity index (χ4n) is 2.47. The van der Waals surface area contributed by atoms with E-state index in [2.05, 4.69) is 9.97 Å². The summed E-state index contributed by atoms with van der Waals surface area (Å²) in [6, 6.07) is 5.43. The second-order valence-electron chi connectivity index (χ2n) is 6.88. The number of pyridine rings is 2. The van der Waals surface area contributed by atoms with Gasteiger partial charge in [0.2, 0.25) is 5.88 Å². The van der Waals surface area contributed by atoms with Crippen molar-refractivity contribution in [2.45, 2.75) is 26.4 Å². The molecule has 6 nitrogen and oxygen atoms in total. The first-order chi connectivity index (χ1) is 11.3. The SMILES string of the molecule is CC(C)(C)OC(=O)N1CC(COc2nc(Cl)cc3ncccc23)C1. The standard InChI is InChI=1S/C17H20ClN3O3/c1-17(2,3)24-16(22)21-8-11(9-21)10-23-15-12-5-4-6-19-13(12)7-14(18)20-15/h4-7,11H,8-10H2,1-3H3. The van der Waals surface area contributed by atoms with Crippen LogP contribution in [0.4, 0.5) is 4.79 Å². The summed E-state index contributed by atoms with van der Waals surface area (Å²) in [7, 11) is 0. The normalized spacial score (nSPS) is 15.2. The van der Waals surface area contributed by atoms with Crippen LogP contribution in [0.1, 0.15) is 20.8 Å². The summed E-state index contributed by atoms with van der Waals surface area (Å²) in [6.45, 7) is 7.27. The Labute approximate surface area is 145 Å². The fraction of sp³-hybridized carbons (Fsp3) is 0.471. The van der Waals surface area contributed by atoms with Crippen LogP contribution in [0.25, 0.3) is 10.9 Å². The van der Waals surface area contributed by atoms with Crippen molar-refractivity contribution in [2.75, 3.05) is 19.7 Å². The lowest BCUT2D eigenvalue weighted by Gasteiger charge is -2.39. The maximum Gasteiger partial charge on any atom is 0.410 e. The van der Waals surface area contributed by atoms with Crippen molar-refractivity contribution in [3.8, 4) is 5.88 Å². The van der Waals surface area contributed by atoms with Gasteiger partial charge in [0.25, 0.3) is 0 Å². The van der Waals surface area contributed by atoms with Crippen molar-refractivity contribution in [3.05, 3.63) is 29.5 Å². The first kappa shape index (κ1) is 16.8. The van der Waals surface area contributed by atoms with Gasteiger partial charge in [-0.2, -0.15) is 0 Å². The van der Waals surface area contributed by atoms with Gasteiger partial charge in [0, 0.05) is 31.3 Å². The Morgan fingerprint density at radius 3 is 2.88 bits per heavy atom. The molecule has 0 saturated carbocycles. The highest BCUT2D eigenvalue weighted by atomic mass is 35.5. The number of amides is 1. The molecule has 3 heterocycles. The molecule has 3 rings (SSSR count). The van der Waals surface area contributed by atoms with Crippen molar-refractivity contribution in [2.24, 2.45) is 5.92 Å². The Balaban J connectivity index is 1.56. The van der Waals surface area contributed by atoms with Crippen LogP contribution < -0.4 is 4.74 Å².